The van der Waals surface area contributed by atoms with E-state index in [9.17, 15) is 8.42 Å². The summed E-state index contributed by atoms with van der Waals surface area (Å²) in [6, 6.07) is 8.03. The van der Waals surface area contributed by atoms with Gasteiger partial charge in [-0.2, -0.15) is 8.42 Å². The number of para-hydroxylation sites is 1. The molecule has 0 aliphatic heterocycles. The van der Waals surface area contributed by atoms with Crippen LogP contribution in [0.15, 0.2) is 24.3 Å². The van der Waals surface area contributed by atoms with Gasteiger partial charge in [0.2, 0.25) is 0 Å². The van der Waals surface area contributed by atoms with E-state index in [1.54, 1.807) is 0 Å². The highest BCUT2D eigenvalue weighted by atomic mass is 32.2. The fourth-order valence-corrected chi connectivity index (χ4v) is 3.30. The number of H-pyrrole nitrogens is 1. The molecule has 0 amide bonds. The number of hydrogen-bond acceptors (Lipinski definition) is 3. The molecular formula is C13H15NO3S. The van der Waals surface area contributed by atoms with E-state index in [1.807, 2.05) is 18.2 Å². The molecule has 0 saturated carbocycles. The van der Waals surface area contributed by atoms with E-state index >= 15 is 0 Å². The van der Waals surface area contributed by atoms with Gasteiger partial charge in [0, 0.05) is 16.6 Å². The van der Waals surface area contributed by atoms with Crippen molar-refractivity contribution < 1.29 is 12.6 Å². The number of fused-ring (bicyclic) bond motifs is 3. The third-order valence-corrected chi connectivity index (χ3v) is 3.93. The van der Waals surface area contributed by atoms with E-state index in [0.29, 0.717) is 0 Å². The van der Waals surface area contributed by atoms with Crippen LogP contribution in [0.25, 0.3) is 10.9 Å². The maximum Gasteiger partial charge on any atom is 0.265 e. The van der Waals surface area contributed by atoms with Crippen molar-refractivity contribution in [2.45, 2.75) is 25.4 Å². The molecule has 0 fully saturated rings. The molecule has 3 rings (SSSR count). The molecule has 5 heteroatoms. The molecule has 4 nitrogen and oxygen atoms in total. The topological polar surface area (TPSA) is 59.2 Å². The fourth-order valence-electron chi connectivity index (χ4n) is 2.68. The summed E-state index contributed by atoms with van der Waals surface area (Å²) in [7, 11) is -3.42. The third kappa shape index (κ3) is 2.04. The second-order valence-corrected chi connectivity index (χ2v) is 6.34. The molecule has 18 heavy (non-hydrogen) atoms. The number of benzene rings is 1. The van der Waals surface area contributed by atoms with Gasteiger partial charge in [0.05, 0.1) is 6.26 Å². The molecule has 1 aromatic carbocycles. The maximum atomic E-state index is 11.3. The lowest BCUT2D eigenvalue weighted by molar-refractivity contribution is 0.189. The second kappa shape index (κ2) is 4.10. The molecule has 1 N–H and O–H groups in total. The van der Waals surface area contributed by atoms with E-state index in [1.165, 1.54) is 10.9 Å². The number of hydrogen-bond donors (Lipinski definition) is 1. The summed E-state index contributed by atoms with van der Waals surface area (Å²) >= 11 is 0. The van der Waals surface area contributed by atoms with Crippen LogP contribution in [-0.2, 0) is 20.7 Å². The van der Waals surface area contributed by atoms with E-state index < -0.39 is 10.1 Å². The number of aromatic nitrogens is 1. The van der Waals surface area contributed by atoms with Crippen molar-refractivity contribution in [1.29, 1.82) is 0 Å². The van der Waals surface area contributed by atoms with E-state index in [2.05, 4.69) is 11.1 Å². The van der Waals surface area contributed by atoms with Crippen LogP contribution in [0.2, 0.25) is 0 Å². The molecule has 1 aromatic heterocycles. The summed E-state index contributed by atoms with van der Waals surface area (Å²) in [5, 5.41) is 1.18. The van der Waals surface area contributed by atoms with Gasteiger partial charge >= 0.3 is 0 Å². The monoisotopic (exact) mass is 265 g/mol. The van der Waals surface area contributed by atoms with Crippen molar-refractivity contribution in [2.75, 3.05) is 6.26 Å². The molecule has 1 aliphatic rings. The Kier molecular flexibility index (Phi) is 2.68. The van der Waals surface area contributed by atoms with Crippen LogP contribution in [0.1, 0.15) is 30.2 Å². The molecule has 1 aliphatic carbocycles. The van der Waals surface area contributed by atoms with Crippen LogP contribution in [-0.4, -0.2) is 19.7 Å². The molecular weight excluding hydrogens is 250 g/mol. The zero-order valence-corrected chi connectivity index (χ0v) is 11.0. The average Bonchev–Trinajstić information content (AvgIpc) is 2.67. The van der Waals surface area contributed by atoms with Gasteiger partial charge in [-0.25, -0.2) is 0 Å². The lowest BCUT2D eigenvalue weighted by Crippen LogP contribution is -2.16. The standard InChI is InChI=1S/C13H15NO3S/c1-18(15,16)17-12-8-4-6-10-9-5-2-3-7-11(9)14-13(10)12/h2-3,5,7,12,14H,4,6,8H2,1H3. The normalized spacial score (nSPS) is 19.9. The molecule has 96 valence electrons. The second-order valence-electron chi connectivity index (χ2n) is 4.74. The molecule has 2 aromatic rings. The van der Waals surface area contributed by atoms with Crippen LogP contribution >= 0.6 is 0 Å². The van der Waals surface area contributed by atoms with Crippen molar-refractivity contribution in [1.82, 2.24) is 4.98 Å². The van der Waals surface area contributed by atoms with Crippen molar-refractivity contribution in [3.63, 3.8) is 0 Å². The van der Waals surface area contributed by atoms with E-state index in [0.717, 1.165) is 36.7 Å². The van der Waals surface area contributed by atoms with Crippen LogP contribution in [0.4, 0.5) is 0 Å². The quantitative estimate of drug-likeness (QED) is 0.849. The Balaban J connectivity index is 2.10. The van der Waals surface area contributed by atoms with Gasteiger partial charge in [0.1, 0.15) is 6.10 Å². The van der Waals surface area contributed by atoms with Gasteiger partial charge in [-0.05, 0) is 30.9 Å². The third-order valence-electron chi connectivity index (χ3n) is 3.35. The first kappa shape index (κ1) is 11.7. The Bertz CT molecular complexity index is 687. The highest BCUT2D eigenvalue weighted by Gasteiger charge is 2.27. The molecule has 0 bridgehead atoms. The summed E-state index contributed by atoms with van der Waals surface area (Å²) in [6.45, 7) is 0. The minimum atomic E-state index is -3.42. The highest BCUT2D eigenvalue weighted by Crippen LogP contribution is 2.37. The Labute approximate surface area is 106 Å². The van der Waals surface area contributed by atoms with Gasteiger partial charge in [0.15, 0.2) is 0 Å². The van der Waals surface area contributed by atoms with Crippen molar-refractivity contribution >= 4 is 21.0 Å². The zero-order valence-electron chi connectivity index (χ0n) is 10.1. The van der Waals surface area contributed by atoms with Crippen molar-refractivity contribution in [3.8, 4) is 0 Å². The summed E-state index contributed by atoms with van der Waals surface area (Å²) in [5.74, 6) is 0. The first-order chi connectivity index (χ1) is 8.54. The Morgan fingerprint density at radius 3 is 2.89 bits per heavy atom. The Morgan fingerprint density at radius 2 is 2.11 bits per heavy atom. The van der Waals surface area contributed by atoms with Crippen molar-refractivity contribution in [3.05, 3.63) is 35.5 Å². The van der Waals surface area contributed by atoms with Crippen LogP contribution in [0.3, 0.4) is 0 Å². The fraction of sp³-hybridized carbons (Fsp3) is 0.385. The highest BCUT2D eigenvalue weighted by molar-refractivity contribution is 7.86. The Morgan fingerprint density at radius 1 is 1.33 bits per heavy atom. The zero-order chi connectivity index (χ0) is 12.8. The number of rotatable bonds is 2. The average molecular weight is 265 g/mol. The SMILES string of the molecule is CS(=O)(=O)OC1CCCc2c1[nH]c1ccccc21. The van der Waals surface area contributed by atoms with Gasteiger partial charge < -0.3 is 4.98 Å². The largest absolute Gasteiger partial charge is 0.356 e. The number of nitrogens with one attached hydrogen (secondary N) is 1. The summed E-state index contributed by atoms with van der Waals surface area (Å²) in [6.07, 6.45) is 3.41. The van der Waals surface area contributed by atoms with Crippen LogP contribution in [0, 0.1) is 0 Å². The summed E-state index contributed by atoms with van der Waals surface area (Å²) in [5.41, 5.74) is 3.17. The number of aryl methyl sites for hydroxylation is 1. The summed E-state index contributed by atoms with van der Waals surface area (Å²) < 4.78 is 27.8. The van der Waals surface area contributed by atoms with Crippen LogP contribution in [0.5, 0.6) is 0 Å². The minimum absolute atomic E-state index is 0.365. The Hall–Kier alpha value is -1.33. The minimum Gasteiger partial charge on any atom is -0.356 e. The molecule has 0 spiro atoms. The van der Waals surface area contributed by atoms with Gasteiger partial charge in [-0.1, -0.05) is 18.2 Å². The molecule has 1 heterocycles. The number of aromatic amines is 1. The van der Waals surface area contributed by atoms with Gasteiger partial charge in [-0.15, -0.1) is 0 Å². The van der Waals surface area contributed by atoms with E-state index in [4.69, 9.17) is 4.18 Å². The lowest BCUT2D eigenvalue weighted by atomic mass is 9.94. The maximum absolute atomic E-state index is 11.3. The first-order valence-corrected chi connectivity index (χ1v) is 7.84. The smallest absolute Gasteiger partial charge is 0.265 e. The molecule has 1 unspecified atom stereocenters. The van der Waals surface area contributed by atoms with E-state index in [-0.39, 0.29) is 6.10 Å². The van der Waals surface area contributed by atoms with Gasteiger partial charge in [-0.3, -0.25) is 4.18 Å². The van der Waals surface area contributed by atoms with Crippen LogP contribution < -0.4 is 0 Å². The molecule has 0 saturated heterocycles. The molecule has 1 atom stereocenters. The predicted molar refractivity (Wildman–Crippen MR) is 69.9 cm³/mol. The molecule has 0 radical (unpaired) electrons. The predicted octanol–water partition coefficient (Wildman–Crippen LogP) is 2.52. The summed E-state index contributed by atoms with van der Waals surface area (Å²) in [4.78, 5) is 3.30. The first-order valence-electron chi connectivity index (χ1n) is 6.02. The van der Waals surface area contributed by atoms with Crippen molar-refractivity contribution in [2.24, 2.45) is 0 Å². The lowest BCUT2D eigenvalue weighted by Gasteiger charge is -2.21. The van der Waals surface area contributed by atoms with Gasteiger partial charge in [0.25, 0.3) is 10.1 Å².